The molecular weight excluding hydrogens is 210 g/mol. The number of aromatic nitrogens is 2. The lowest BCUT2D eigenvalue weighted by Gasteiger charge is -2.01. The first-order valence-electron chi connectivity index (χ1n) is 5.52. The van der Waals surface area contributed by atoms with Crippen molar-refractivity contribution in [3.8, 4) is 0 Å². The molecule has 0 saturated carbocycles. The fraction of sp³-hybridized carbons (Fsp3) is 0.800. The van der Waals surface area contributed by atoms with Crippen molar-refractivity contribution in [1.82, 2.24) is 15.5 Å². The minimum absolute atomic E-state index is 0.247. The van der Waals surface area contributed by atoms with Gasteiger partial charge in [-0.2, -0.15) is 4.98 Å². The summed E-state index contributed by atoms with van der Waals surface area (Å²) in [4.78, 5) is 4.28. The molecule has 0 radical (unpaired) electrons. The second-order valence-electron chi connectivity index (χ2n) is 3.74. The van der Waals surface area contributed by atoms with Crippen LogP contribution in [-0.4, -0.2) is 37.0 Å². The maximum absolute atomic E-state index is 5.29. The molecular formula is C10H17N3O3. The van der Waals surface area contributed by atoms with Crippen LogP contribution >= 0.6 is 0 Å². The van der Waals surface area contributed by atoms with Gasteiger partial charge in [0.15, 0.2) is 5.82 Å². The van der Waals surface area contributed by atoms with E-state index in [0.717, 1.165) is 18.8 Å². The highest BCUT2D eigenvalue weighted by atomic mass is 16.5. The van der Waals surface area contributed by atoms with E-state index in [1.165, 1.54) is 6.42 Å². The molecule has 0 amide bonds. The van der Waals surface area contributed by atoms with E-state index < -0.39 is 0 Å². The van der Waals surface area contributed by atoms with Crippen LogP contribution in [0.2, 0.25) is 0 Å². The Morgan fingerprint density at radius 3 is 3.19 bits per heavy atom. The summed E-state index contributed by atoms with van der Waals surface area (Å²) in [6.07, 6.45) is 2.24. The predicted molar refractivity (Wildman–Crippen MR) is 55.8 cm³/mol. The van der Waals surface area contributed by atoms with Crippen molar-refractivity contribution in [1.29, 1.82) is 0 Å². The van der Waals surface area contributed by atoms with Crippen molar-refractivity contribution in [3.63, 3.8) is 0 Å². The minimum atomic E-state index is 0.247. The Hall–Kier alpha value is -0.980. The van der Waals surface area contributed by atoms with Gasteiger partial charge in [0.2, 0.25) is 0 Å². The SMILES string of the molecule is COCCOCc1nc([C@@H]2CCCN2)no1. The average molecular weight is 227 g/mol. The Morgan fingerprint density at radius 1 is 1.50 bits per heavy atom. The summed E-state index contributed by atoms with van der Waals surface area (Å²) in [6, 6.07) is 0.247. The second-order valence-corrected chi connectivity index (χ2v) is 3.74. The number of nitrogens with zero attached hydrogens (tertiary/aromatic N) is 2. The lowest BCUT2D eigenvalue weighted by atomic mass is 10.2. The molecule has 0 spiro atoms. The third-order valence-corrected chi connectivity index (χ3v) is 2.51. The molecule has 6 nitrogen and oxygen atoms in total. The number of rotatable bonds is 6. The molecule has 0 unspecified atom stereocenters. The normalized spacial score (nSPS) is 20.4. The van der Waals surface area contributed by atoms with Gasteiger partial charge in [0.25, 0.3) is 5.89 Å². The summed E-state index contributed by atoms with van der Waals surface area (Å²) in [6.45, 7) is 2.49. The molecule has 0 bridgehead atoms. The van der Waals surface area contributed by atoms with Gasteiger partial charge in [-0.15, -0.1) is 0 Å². The molecule has 90 valence electrons. The van der Waals surface area contributed by atoms with E-state index in [4.69, 9.17) is 14.0 Å². The first kappa shape index (κ1) is 11.5. The topological polar surface area (TPSA) is 69.4 Å². The van der Waals surface area contributed by atoms with Crippen molar-refractivity contribution in [2.24, 2.45) is 0 Å². The molecule has 1 aliphatic heterocycles. The summed E-state index contributed by atoms with van der Waals surface area (Å²) >= 11 is 0. The standard InChI is InChI=1S/C10H17N3O3/c1-14-5-6-15-7-9-12-10(13-16-9)8-3-2-4-11-8/h8,11H,2-7H2,1H3/t8-/m0/s1. The molecule has 1 aliphatic rings. The van der Waals surface area contributed by atoms with E-state index in [1.807, 2.05) is 0 Å². The van der Waals surface area contributed by atoms with Crippen LogP contribution in [0.25, 0.3) is 0 Å². The maximum Gasteiger partial charge on any atom is 0.252 e. The number of ether oxygens (including phenoxy) is 2. The lowest BCUT2D eigenvalue weighted by molar-refractivity contribution is 0.0494. The van der Waals surface area contributed by atoms with Crippen molar-refractivity contribution >= 4 is 0 Å². The van der Waals surface area contributed by atoms with Gasteiger partial charge >= 0.3 is 0 Å². The molecule has 16 heavy (non-hydrogen) atoms. The highest BCUT2D eigenvalue weighted by molar-refractivity contribution is 4.96. The van der Waals surface area contributed by atoms with Crippen molar-refractivity contribution < 1.29 is 14.0 Å². The van der Waals surface area contributed by atoms with Crippen LogP contribution in [0.3, 0.4) is 0 Å². The lowest BCUT2D eigenvalue weighted by Crippen LogP contribution is -2.14. The number of hydrogen-bond acceptors (Lipinski definition) is 6. The zero-order valence-corrected chi connectivity index (χ0v) is 9.44. The van der Waals surface area contributed by atoms with Gasteiger partial charge in [-0.3, -0.25) is 0 Å². The molecule has 6 heteroatoms. The van der Waals surface area contributed by atoms with E-state index in [0.29, 0.717) is 25.7 Å². The molecule has 1 fully saturated rings. The number of methoxy groups -OCH3 is 1. The summed E-state index contributed by atoms with van der Waals surface area (Å²) in [5, 5.41) is 7.25. The van der Waals surface area contributed by atoms with Gasteiger partial charge in [0.05, 0.1) is 19.3 Å². The molecule has 0 aromatic carbocycles. The monoisotopic (exact) mass is 227 g/mol. The number of nitrogens with one attached hydrogen (secondary N) is 1. The quantitative estimate of drug-likeness (QED) is 0.720. The van der Waals surface area contributed by atoms with Crippen molar-refractivity contribution in [2.45, 2.75) is 25.5 Å². The molecule has 0 aliphatic carbocycles. The summed E-state index contributed by atoms with van der Waals surface area (Å²) in [7, 11) is 1.64. The smallest absolute Gasteiger partial charge is 0.252 e. The zero-order chi connectivity index (χ0) is 11.2. The van der Waals surface area contributed by atoms with E-state index >= 15 is 0 Å². The fourth-order valence-electron chi connectivity index (χ4n) is 1.67. The van der Waals surface area contributed by atoms with Crippen LogP contribution in [0, 0.1) is 0 Å². The summed E-state index contributed by atoms with van der Waals surface area (Å²) in [5.41, 5.74) is 0. The van der Waals surface area contributed by atoms with Crippen LogP contribution in [-0.2, 0) is 16.1 Å². The van der Waals surface area contributed by atoms with Gasteiger partial charge < -0.3 is 19.3 Å². The number of hydrogen-bond donors (Lipinski definition) is 1. The van der Waals surface area contributed by atoms with Gasteiger partial charge in [-0.1, -0.05) is 5.16 Å². The molecule has 1 aromatic rings. The third-order valence-electron chi connectivity index (χ3n) is 2.51. The second kappa shape index (κ2) is 5.93. The molecule has 1 saturated heterocycles. The van der Waals surface area contributed by atoms with Crippen LogP contribution in [0.4, 0.5) is 0 Å². The van der Waals surface area contributed by atoms with E-state index in [9.17, 15) is 0 Å². The van der Waals surface area contributed by atoms with Gasteiger partial charge in [0.1, 0.15) is 6.61 Å². The first-order valence-corrected chi connectivity index (χ1v) is 5.52. The first-order chi connectivity index (χ1) is 7.90. The zero-order valence-electron chi connectivity index (χ0n) is 9.44. The van der Waals surface area contributed by atoms with Crippen LogP contribution < -0.4 is 5.32 Å². The Kier molecular flexibility index (Phi) is 4.26. The minimum Gasteiger partial charge on any atom is -0.382 e. The maximum atomic E-state index is 5.29. The Balaban J connectivity index is 1.77. The van der Waals surface area contributed by atoms with E-state index in [1.54, 1.807) is 7.11 Å². The Bertz CT molecular complexity index is 310. The van der Waals surface area contributed by atoms with E-state index in [2.05, 4.69) is 15.5 Å². The Labute approximate surface area is 94.3 Å². The van der Waals surface area contributed by atoms with Crippen molar-refractivity contribution in [3.05, 3.63) is 11.7 Å². The largest absolute Gasteiger partial charge is 0.382 e. The fourth-order valence-corrected chi connectivity index (χ4v) is 1.67. The van der Waals surface area contributed by atoms with Crippen LogP contribution in [0.15, 0.2) is 4.52 Å². The van der Waals surface area contributed by atoms with Gasteiger partial charge in [-0.25, -0.2) is 0 Å². The molecule has 2 rings (SSSR count). The molecule has 1 atom stereocenters. The summed E-state index contributed by atoms with van der Waals surface area (Å²) < 4.78 is 15.2. The van der Waals surface area contributed by atoms with Crippen molar-refractivity contribution in [2.75, 3.05) is 26.9 Å². The average Bonchev–Trinajstić information content (AvgIpc) is 2.94. The molecule has 2 heterocycles. The molecule has 1 aromatic heterocycles. The van der Waals surface area contributed by atoms with Crippen LogP contribution in [0.5, 0.6) is 0 Å². The molecule has 1 N–H and O–H groups in total. The van der Waals surface area contributed by atoms with Crippen LogP contribution in [0.1, 0.15) is 30.6 Å². The highest BCUT2D eigenvalue weighted by Crippen LogP contribution is 2.20. The van der Waals surface area contributed by atoms with E-state index in [-0.39, 0.29) is 6.04 Å². The summed E-state index contributed by atoms with van der Waals surface area (Å²) in [5.74, 6) is 1.27. The van der Waals surface area contributed by atoms with Gasteiger partial charge in [-0.05, 0) is 19.4 Å². The Morgan fingerprint density at radius 2 is 2.44 bits per heavy atom. The highest BCUT2D eigenvalue weighted by Gasteiger charge is 2.21. The predicted octanol–water partition coefficient (Wildman–Crippen LogP) is 0.657. The third kappa shape index (κ3) is 3.01. The van der Waals surface area contributed by atoms with Gasteiger partial charge in [0, 0.05) is 7.11 Å².